The zero-order valence-electron chi connectivity index (χ0n) is 10.2. The number of pyridine rings is 1. The molecule has 2 aliphatic rings. The van der Waals surface area contributed by atoms with Gasteiger partial charge in [0, 0.05) is 42.1 Å². The maximum Gasteiger partial charge on any atom is 0.182 e. The smallest absolute Gasteiger partial charge is 0.182 e. The molecule has 0 spiro atoms. The molecule has 1 aromatic heterocycles. The van der Waals surface area contributed by atoms with Crippen molar-refractivity contribution in [2.75, 3.05) is 6.61 Å². The summed E-state index contributed by atoms with van der Waals surface area (Å²) in [5.41, 5.74) is 8.25. The summed E-state index contributed by atoms with van der Waals surface area (Å²) < 4.78 is 7.92. The van der Waals surface area contributed by atoms with Crippen LogP contribution in [0, 0.1) is 19.8 Å². The predicted octanol–water partition coefficient (Wildman–Crippen LogP) is 0.752. The van der Waals surface area contributed by atoms with Crippen molar-refractivity contribution in [3.05, 3.63) is 33.7 Å². The normalized spacial score (nSPS) is 35.5. The van der Waals surface area contributed by atoms with Crippen molar-refractivity contribution in [1.29, 1.82) is 0 Å². The summed E-state index contributed by atoms with van der Waals surface area (Å²) >= 11 is 0. The highest BCUT2D eigenvalue weighted by Gasteiger charge is 2.53. The topological polar surface area (TPSA) is 57.2 Å². The van der Waals surface area contributed by atoms with E-state index in [1.165, 1.54) is 0 Å². The third-order valence-electron chi connectivity index (χ3n) is 4.17. The Bertz CT molecular complexity index is 482. The number of nitrogens with two attached hydrogens (primary N) is 1. The molecule has 2 N–H and O–H groups in total. The van der Waals surface area contributed by atoms with Crippen LogP contribution in [0.5, 0.6) is 0 Å². The Morgan fingerprint density at radius 3 is 2.65 bits per heavy atom. The average molecular weight is 234 g/mol. The van der Waals surface area contributed by atoms with Crippen molar-refractivity contribution in [3.8, 4) is 0 Å². The number of nitrogens with zero attached hydrogens (tertiary/aromatic N) is 1. The van der Waals surface area contributed by atoms with E-state index in [0.29, 0.717) is 5.92 Å². The molecule has 0 aromatic carbocycles. The Morgan fingerprint density at radius 2 is 2.00 bits per heavy atom. The second-order valence-electron chi connectivity index (χ2n) is 5.20. The lowest BCUT2D eigenvalue weighted by atomic mass is 9.71. The molecule has 1 aliphatic heterocycles. The van der Waals surface area contributed by atoms with Gasteiger partial charge in [-0.15, -0.1) is 0 Å². The van der Waals surface area contributed by atoms with Gasteiger partial charge in [0.25, 0.3) is 0 Å². The molecule has 1 aliphatic carbocycles. The largest absolute Gasteiger partial charge is 0.376 e. The minimum absolute atomic E-state index is 0.0630. The zero-order valence-corrected chi connectivity index (χ0v) is 10.2. The molecule has 2 fully saturated rings. The van der Waals surface area contributed by atoms with Gasteiger partial charge >= 0.3 is 0 Å². The molecule has 92 valence electrons. The van der Waals surface area contributed by atoms with Crippen molar-refractivity contribution in [2.24, 2.45) is 11.7 Å². The van der Waals surface area contributed by atoms with Crippen LogP contribution in [0.2, 0.25) is 0 Å². The maximum atomic E-state index is 11.4. The number of aromatic nitrogens is 1. The van der Waals surface area contributed by atoms with E-state index >= 15 is 0 Å². The molecular weight excluding hydrogens is 216 g/mol. The third-order valence-corrected chi connectivity index (χ3v) is 4.17. The number of hydrogen-bond acceptors (Lipinski definition) is 3. The van der Waals surface area contributed by atoms with Crippen molar-refractivity contribution in [2.45, 2.75) is 38.5 Å². The summed E-state index contributed by atoms with van der Waals surface area (Å²) in [6.07, 6.45) is 1.31. The third kappa shape index (κ3) is 1.47. The van der Waals surface area contributed by atoms with Crippen LogP contribution in [0.25, 0.3) is 0 Å². The van der Waals surface area contributed by atoms with Gasteiger partial charge in [-0.3, -0.25) is 4.79 Å². The highest BCUT2D eigenvalue weighted by molar-refractivity contribution is 5.19. The molecule has 3 rings (SSSR count). The summed E-state index contributed by atoms with van der Waals surface area (Å²) in [4.78, 5) is 11.4. The van der Waals surface area contributed by atoms with Crippen LogP contribution >= 0.6 is 0 Å². The lowest BCUT2D eigenvalue weighted by Crippen LogP contribution is -2.59. The average Bonchev–Trinajstić information content (AvgIpc) is 2.67. The van der Waals surface area contributed by atoms with Gasteiger partial charge in [-0.2, -0.15) is 0 Å². The summed E-state index contributed by atoms with van der Waals surface area (Å²) in [6.45, 7) is 4.74. The Morgan fingerprint density at radius 1 is 1.35 bits per heavy atom. The van der Waals surface area contributed by atoms with Gasteiger partial charge in [0.15, 0.2) is 5.43 Å². The lowest BCUT2D eigenvalue weighted by molar-refractivity contribution is -0.0370. The van der Waals surface area contributed by atoms with Gasteiger partial charge in [0.1, 0.15) is 0 Å². The van der Waals surface area contributed by atoms with Gasteiger partial charge in [-0.05, 0) is 20.3 Å². The minimum atomic E-state index is 0.0630. The SMILES string of the molecule is Cc1cc(=O)cc(C)n1C1C(N)C2CCOC21. The van der Waals surface area contributed by atoms with Crippen molar-refractivity contribution < 1.29 is 4.74 Å². The molecule has 4 nitrogen and oxygen atoms in total. The first-order valence-electron chi connectivity index (χ1n) is 6.16. The number of hydrogen-bond donors (Lipinski definition) is 1. The van der Waals surface area contributed by atoms with Crippen molar-refractivity contribution in [1.82, 2.24) is 4.57 Å². The van der Waals surface area contributed by atoms with Crippen LogP contribution in [0.4, 0.5) is 0 Å². The molecule has 4 heteroatoms. The van der Waals surface area contributed by atoms with E-state index in [1.54, 1.807) is 12.1 Å². The molecule has 17 heavy (non-hydrogen) atoms. The molecule has 1 saturated heterocycles. The summed E-state index contributed by atoms with van der Waals surface area (Å²) in [5, 5.41) is 0. The van der Waals surface area contributed by atoms with Crippen LogP contribution in [-0.2, 0) is 4.74 Å². The van der Waals surface area contributed by atoms with E-state index in [0.717, 1.165) is 24.4 Å². The second-order valence-corrected chi connectivity index (χ2v) is 5.20. The molecule has 0 bridgehead atoms. The highest BCUT2D eigenvalue weighted by Crippen LogP contribution is 2.46. The van der Waals surface area contributed by atoms with Crippen LogP contribution in [0.15, 0.2) is 16.9 Å². The predicted molar refractivity (Wildman–Crippen MR) is 65.0 cm³/mol. The molecular formula is C13H18N2O2. The van der Waals surface area contributed by atoms with Crippen molar-refractivity contribution >= 4 is 0 Å². The zero-order chi connectivity index (χ0) is 12.2. The number of aryl methyl sites for hydroxylation is 2. The number of ether oxygens (including phenoxy) is 1. The maximum absolute atomic E-state index is 11.4. The first kappa shape index (κ1) is 11.0. The highest BCUT2D eigenvalue weighted by atomic mass is 16.5. The Labute approximate surface area is 100 Å². The second kappa shape index (κ2) is 3.68. The minimum Gasteiger partial charge on any atom is -0.376 e. The number of fused-ring (bicyclic) bond motifs is 1. The summed E-state index contributed by atoms with van der Waals surface area (Å²) in [6, 6.07) is 3.69. The Balaban J connectivity index is 2.03. The van der Waals surface area contributed by atoms with Crippen LogP contribution in [0.1, 0.15) is 23.9 Å². The van der Waals surface area contributed by atoms with Gasteiger partial charge in [-0.1, -0.05) is 0 Å². The van der Waals surface area contributed by atoms with Gasteiger partial charge in [0.2, 0.25) is 0 Å². The van der Waals surface area contributed by atoms with E-state index in [2.05, 4.69) is 4.57 Å². The van der Waals surface area contributed by atoms with E-state index in [9.17, 15) is 4.79 Å². The molecule has 0 amide bonds. The first-order valence-corrected chi connectivity index (χ1v) is 6.16. The van der Waals surface area contributed by atoms with E-state index in [1.807, 2.05) is 13.8 Å². The van der Waals surface area contributed by atoms with Gasteiger partial charge in [0.05, 0.1) is 12.1 Å². The standard InChI is InChI=1S/C13H18N2O2/c1-7-5-9(16)6-8(2)15(7)12-11(14)10-3-4-17-13(10)12/h5-6,10-13H,3-4,14H2,1-2H3. The molecule has 4 unspecified atom stereocenters. The molecule has 4 atom stereocenters. The van der Waals surface area contributed by atoms with Crippen LogP contribution in [-0.4, -0.2) is 23.3 Å². The van der Waals surface area contributed by atoms with Gasteiger partial charge < -0.3 is 15.0 Å². The summed E-state index contributed by atoms with van der Waals surface area (Å²) in [7, 11) is 0. The quantitative estimate of drug-likeness (QED) is 0.780. The Hall–Kier alpha value is -1.13. The molecule has 1 aromatic rings. The Kier molecular flexibility index (Phi) is 2.38. The molecule has 0 radical (unpaired) electrons. The fourth-order valence-electron chi connectivity index (χ4n) is 3.38. The fraction of sp³-hybridized carbons (Fsp3) is 0.615. The summed E-state index contributed by atoms with van der Waals surface area (Å²) in [5.74, 6) is 0.498. The van der Waals surface area contributed by atoms with Crippen LogP contribution in [0.3, 0.4) is 0 Å². The molecule has 1 saturated carbocycles. The number of rotatable bonds is 1. The fourth-order valence-corrected chi connectivity index (χ4v) is 3.38. The van der Waals surface area contributed by atoms with Crippen LogP contribution < -0.4 is 11.2 Å². The van der Waals surface area contributed by atoms with E-state index in [4.69, 9.17) is 10.5 Å². The van der Waals surface area contributed by atoms with Crippen molar-refractivity contribution in [3.63, 3.8) is 0 Å². The van der Waals surface area contributed by atoms with E-state index < -0.39 is 0 Å². The first-order chi connectivity index (χ1) is 8.09. The lowest BCUT2D eigenvalue weighted by Gasteiger charge is -2.47. The van der Waals surface area contributed by atoms with E-state index in [-0.39, 0.29) is 23.6 Å². The molecule has 2 heterocycles. The monoisotopic (exact) mass is 234 g/mol. The van der Waals surface area contributed by atoms with Gasteiger partial charge in [-0.25, -0.2) is 0 Å².